The van der Waals surface area contributed by atoms with Gasteiger partial charge in [0.05, 0.1) is 11.9 Å². The molecule has 0 radical (unpaired) electrons. The highest BCUT2D eigenvalue weighted by Gasteiger charge is 2.33. The van der Waals surface area contributed by atoms with Gasteiger partial charge < -0.3 is 9.72 Å². The van der Waals surface area contributed by atoms with Crippen molar-refractivity contribution in [3.63, 3.8) is 0 Å². The van der Waals surface area contributed by atoms with Crippen LogP contribution in [0, 0.1) is 18.8 Å². The Morgan fingerprint density at radius 2 is 1.81 bits per heavy atom. The van der Waals surface area contributed by atoms with Crippen LogP contribution in [0.25, 0.3) is 11.3 Å². The number of aromatic nitrogens is 1. The van der Waals surface area contributed by atoms with E-state index in [4.69, 9.17) is 4.74 Å². The third-order valence-electron chi connectivity index (χ3n) is 5.95. The number of anilines is 1. The van der Waals surface area contributed by atoms with Crippen molar-refractivity contribution in [2.75, 3.05) is 11.0 Å². The Morgan fingerprint density at radius 1 is 1.09 bits per heavy atom. The summed E-state index contributed by atoms with van der Waals surface area (Å²) in [6.07, 6.45) is 2.45. The fourth-order valence-electron chi connectivity index (χ4n) is 4.34. The lowest BCUT2D eigenvalue weighted by atomic mass is 9.77. The SMILES string of the molecule is Cc1[nH]c(-c2cc(NS(C)(=O)=O)ccc2Oc2ccccc2)c2c1C(=O)CC(C(C)C)C2. The number of H-pyrrole nitrogens is 1. The molecule has 7 heteroatoms. The number of aryl methyl sites for hydroxylation is 1. The molecule has 1 aliphatic carbocycles. The quantitative estimate of drug-likeness (QED) is 0.513. The van der Waals surface area contributed by atoms with Crippen molar-refractivity contribution in [3.05, 3.63) is 65.4 Å². The van der Waals surface area contributed by atoms with Crippen LogP contribution < -0.4 is 9.46 Å². The molecule has 1 aromatic heterocycles. The standard InChI is InChI=1S/C25H28N2O4S/c1-15(2)17-12-21-24(22(28)13-17)16(3)26-25(21)20-14-18(27-32(4,29)30)10-11-23(20)31-19-8-6-5-7-9-19/h5-11,14-15,17,26-27H,12-13H2,1-4H3. The van der Waals surface area contributed by atoms with Gasteiger partial charge in [-0.15, -0.1) is 0 Å². The Labute approximate surface area is 189 Å². The lowest BCUT2D eigenvalue weighted by Gasteiger charge is -2.26. The van der Waals surface area contributed by atoms with Crippen LogP contribution in [0.5, 0.6) is 11.5 Å². The zero-order valence-corrected chi connectivity index (χ0v) is 19.5. The van der Waals surface area contributed by atoms with Crippen molar-refractivity contribution in [2.45, 2.75) is 33.6 Å². The molecule has 3 aromatic rings. The van der Waals surface area contributed by atoms with E-state index in [1.807, 2.05) is 37.3 Å². The van der Waals surface area contributed by atoms with Crippen LogP contribution in [-0.2, 0) is 16.4 Å². The van der Waals surface area contributed by atoms with Crippen LogP contribution in [0.2, 0.25) is 0 Å². The maximum atomic E-state index is 13.0. The van der Waals surface area contributed by atoms with Crippen molar-refractivity contribution in [3.8, 4) is 22.8 Å². The molecule has 0 saturated heterocycles. The van der Waals surface area contributed by atoms with E-state index in [2.05, 4.69) is 23.6 Å². The number of hydrogen-bond acceptors (Lipinski definition) is 4. The van der Waals surface area contributed by atoms with E-state index in [0.717, 1.165) is 35.2 Å². The maximum Gasteiger partial charge on any atom is 0.229 e. The summed E-state index contributed by atoms with van der Waals surface area (Å²) in [6.45, 7) is 6.19. The van der Waals surface area contributed by atoms with Crippen LogP contribution >= 0.6 is 0 Å². The number of sulfonamides is 1. The zero-order valence-electron chi connectivity index (χ0n) is 18.7. The summed E-state index contributed by atoms with van der Waals surface area (Å²) in [4.78, 5) is 16.4. The minimum atomic E-state index is -3.44. The van der Waals surface area contributed by atoms with Gasteiger partial charge in [-0.05, 0) is 61.1 Å². The second kappa shape index (κ2) is 8.47. The largest absolute Gasteiger partial charge is 0.457 e. The van der Waals surface area contributed by atoms with Gasteiger partial charge in [0.1, 0.15) is 11.5 Å². The molecule has 2 N–H and O–H groups in total. The first-order chi connectivity index (χ1) is 15.1. The van der Waals surface area contributed by atoms with E-state index in [1.54, 1.807) is 18.2 Å². The second-order valence-electron chi connectivity index (χ2n) is 8.81. The van der Waals surface area contributed by atoms with Crippen molar-refractivity contribution >= 4 is 21.5 Å². The van der Waals surface area contributed by atoms with Gasteiger partial charge in [0, 0.05) is 28.9 Å². The van der Waals surface area contributed by atoms with Crippen molar-refractivity contribution < 1.29 is 17.9 Å². The van der Waals surface area contributed by atoms with Gasteiger partial charge in [0.15, 0.2) is 5.78 Å². The van der Waals surface area contributed by atoms with Gasteiger partial charge in [0.25, 0.3) is 0 Å². The minimum Gasteiger partial charge on any atom is -0.457 e. The number of para-hydroxylation sites is 1. The second-order valence-corrected chi connectivity index (χ2v) is 10.6. The molecule has 0 aliphatic heterocycles. The minimum absolute atomic E-state index is 0.154. The highest BCUT2D eigenvalue weighted by atomic mass is 32.2. The topological polar surface area (TPSA) is 88.3 Å². The number of ketones is 1. The number of benzene rings is 2. The first-order valence-corrected chi connectivity index (χ1v) is 12.6. The smallest absolute Gasteiger partial charge is 0.229 e. The van der Waals surface area contributed by atoms with Gasteiger partial charge in [-0.2, -0.15) is 0 Å². The molecule has 168 valence electrons. The summed E-state index contributed by atoms with van der Waals surface area (Å²) in [5.41, 5.74) is 4.51. The number of hydrogen-bond donors (Lipinski definition) is 2. The molecule has 0 saturated carbocycles. The Morgan fingerprint density at radius 3 is 2.47 bits per heavy atom. The highest BCUT2D eigenvalue weighted by molar-refractivity contribution is 7.92. The molecule has 2 aromatic carbocycles. The number of carbonyl (C=O) groups excluding carboxylic acids is 1. The molecular formula is C25H28N2O4S. The van der Waals surface area contributed by atoms with E-state index in [-0.39, 0.29) is 11.7 Å². The summed E-state index contributed by atoms with van der Waals surface area (Å²) in [5.74, 6) is 2.05. The van der Waals surface area contributed by atoms with E-state index in [0.29, 0.717) is 35.1 Å². The predicted molar refractivity (Wildman–Crippen MR) is 127 cm³/mol. The number of Topliss-reactive ketones (excluding diaryl/α,β-unsaturated/α-hetero) is 1. The molecule has 32 heavy (non-hydrogen) atoms. The molecule has 0 bridgehead atoms. The monoisotopic (exact) mass is 452 g/mol. The summed E-state index contributed by atoms with van der Waals surface area (Å²) >= 11 is 0. The third-order valence-corrected chi connectivity index (χ3v) is 6.56. The lowest BCUT2D eigenvalue weighted by Crippen LogP contribution is -2.23. The number of carbonyl (C=O) groups is 1. The molecule has 4 rings (SSSR count). The third kappa shape index (κ3) is 4.58. The summed E-state index contributed by atoms with van der Waals surface area (Å²) < 4.78 is 32.4. The number of nitrogens with one attached hydrogen (secondary N) is 2. The van der Waals surface area contributed by atoms with Gasteiger partial charge >= 0.3 is 0 Å². The lowest BCUT2D eigenvalue weighted by molar-refractivity contribution is 0.0933. The molecular weight excluding hydrogens is 424 g/mol. The van der Waals surface area contributed by atoms with Crippen molar-refractivity contribution in [2.24, 2.45) is 11.8 Å². The van der Waals surface area contributed by atoms with Crippen molar-refractivity contribution in [1.29, 1.82) is 0 Å². The van der Waals surface area contributed by atoms with Gasteiger partial charge in [-0.3, -0.25) is 9.52 Å². The van der Waals surface area contributed by atoms with Gasteiger partial charge in [-0.1, -0.05) is 32.0 Å². The average Bonchev–Trinajstić information content (AvgIpc) is 3.05. The normalized spacial score (nSPS) is 16.2. The van der Waals surface area contributed by atoms with Crippen LogP contribution in [0.3, 0.4) is 0 Å². The van der Waals surface area contributed by atoms with Crippen LogP contribution in [0.4, 0.5) is 5.69 Å². The van der Waals surface area contributed by atoms with Crippen LogP contribution in [0.15, 0.2) is 48.5 Å². The Balaban J connectivity index is 1.87. The molecule has 1 atom stereocenters. The molecule has 0 amide bonds. The fraction of sp³-hybridized carbons (Fsp3) is 0.320. The highest BCUT2D eigenvalue weighted by Crippen LogP contribution is 2.42. The van der Waals surface area contributed by atoms with Crippen molar-refractivity contribution in [1.82, 2.24) is 4.98 Å². The molecule has 1 heterocycles. The van der Waals surface area contributed by atoms with E-state index in [9.17, 15) is 13.2 Å². The van der Waals surface area contributed by atoms with Gasteiger partial charge in [-0.25, -0.2) is 8.42 Å². The first kappa shape index (κ1) is 22.1. The Kier molecular flexibility index (Phi) is 5.86. The summed E-state index contributed by atoms with van der Waals surface area (Å²) in [7, 11) is -3.44. The maximum absolute atomic E-state index is 13.0. The Bertz CT molecular complexity index is 1260. The van der Waals surface area contributed by atoms with Crippen LogP contribution in [0.1, 0.15) is 41.9 Å². The first-order valence-electron chi connectivity index (χ1n) is 10.7. The van der Waals surface area contributed by atoms with E-state index < -0.39 is 10.0 Å². The molecule has 0 spiro atoms. The van der Waals surface area contributed by atoms with Crippen LogP contribution in [-0.4, -0.2) is 25.4 Å². The number of aromatic amines is 1. The summed E-state index contributed by atoms with van der Waals surface area (Å²) in [6, 6.07) is 14.6. The number of ether oxygens (including phenoxy) is 1. The number of rotatable bonds is 6. The Hall–Kier alpha value is -3.06. The molecule has 1 unspecified atom stereocenters. The zero-order chi connectivity index (χ0) is 23.0. The number of fused-ring (bicyclic) bond motifs is 1. The fourth-order valence-corrected chi connectivity index (χ4v) is 4.90. The molecule has 6 nitrogen and oxygen atoms in total. The molecule has 0 fully saturated rings. The van der Waals surface area contributed by atoms with E-state index in [1.165, 1.54) is 0 Å². The molecule has 1 aliphatic rings. The predicted octanol–water partition coefficient (Wildman–Crippen LogP) is 5.56. The summed E-state index contributed by atoms with van der Waals surface area (Å²) in [5, 5.41) is 0. The average molecular weight is 453 g/mol. The van der Waals surface area contributed by atoms with E-state index >= 15 is 0 Å². The van der Waals surface area contributed by atoms with Gasteiger partial charge in [0.2, 0.25) is 10.0 Å².